The molecule has 6 heteroatoms. The Hall–Kier alpha value is -1.40. The Morgan fingerprint density at radius 3 is 2.63 bits per heavy atom. The third kappa shape index (κ3) is 3.21. The standard InChI is InChI=1S/C21H32N4O2/c26-19(24-10-5-17(6-11-24)16-2-1-3-16)14-25-15-22-20-18(25)4-9-23-21(20)7-12-27-13-8-21/h15-17,23H,1-14H2. The summed E-state index contributed by atoms with van der Waals surface area (Å²) >= 11 is 0. The Morgan fingerprint density at radius 1 is 1.19 bits per heavy atom. The molecule has 0 aromatic carbocycles. The van der Waals surface area contributed by atoms with E-state index in [1.807, 2.05) is 6.33 Å². The smallest absolute Gasteiger partial charge is 0.242 e. The molecule has 5 rings (SSSR count). The zero-order chi connectivity index (χ0) is 18.3. The number of aromatic nitrogens is 2. The highest BCUT2D eigenvalue weighted by molar-refractivity contribution is 5.76. The molecule has 4 heterocycles. The van der Waals surface area contributed by atoms with Crippen LogP contribution in [0.25, 0.3) is 0 Å². The number of piperidine rings is 1. The molecule has 3 fully saturated rings. The first kappa shape index (κ1) is 17.7. The summed E-state index contributed by atoms with van der Waals surface area (Å²) in [5.74, 6) is 2.08. The quantitative estimate of drug-likeness (QED) is 0.883. The van der Waals surface area contributed by atoms with Gasteiger partial charge in [0.1, 0.15) is 6.54 Å². The zero-order valence-corrected chi connectivity index (χ0v) is 16.3. The van der Waals surface area contributed by atoms with Gasteiger partial charge in [-0.25, -0.2) is 4.98 Å². The molecule has 1 N–H and O–H groups in total. The van der Waals surface area contributed by atoms with E-state index in [-0.39, 0.29) is 11.4 Å². The van der Waals surface area contributed by atoms with Crippen LogP contribution in [0.4, 0.5) is 0 Å². The molecular weight excluding hydrogens is 340 g/mol. The van der Waals surface area contributed by atoms with Crippen molar-refractivity contribution in [3.05, 3.63) is 17.7 Å². The van der Waals surface area contributed by atoms with Crippen molar-refractivity contribution < 1.29 is 9.53 Å². The Morgan fingerprint density at radius 2 is 1.93 bits per heavy atom. The van der Waals surface area contributed by atoms with Crippen LogP contribution in [0.1, 0.15) is 56.3 Å². The minimum Gasteiger partial charge on any atom is -0.381 e. The summed E-state index contributed by atoms with van der Waals surface area (Å²) in [5.41, 5.74) is 2.38. The van der Waals surface area contributed by atoms with E-state index in [9.17, 15) is 4.79 Å². The SMILES string of the molecule is O=C(Cn1cnc2c1CCNC21CCOCC1)N1CCC(C2CCC2)CC1. The van der Waals surface area contributed by atoms with Gasteiger partial charge in [0, 0.05) is 45.0 Å². The van der Waals surface area contributed by atoms with Crippen LogP contribution in [0.2, 0.25) is 0 Å². The number of hydrogen-bond donors (Lipinski definition) is 1. The second-order valence-corrected chi connectivity index (χ2v) is 8.95. The van der Waals surface area contributed by atoms with Gasteiger partial charge in [-0.15, -0.1) is 0 Å². The number of fused-ring (bicyclic) bond motifs is 2. The minimum absolute atomic E-state index is 0.0404. The molecule has 0 unspecified atom stereocenters. The molecule has 0 bridgehead atoms. The number of ether oxygens (including phenoxy) is 1. The van der Waals surface area contributed by atoms with E-state index in [4.69, 9.17) is 9.72 Å². The molecule has 3 aliphatic heterocycles. The number of amides is 1. The van der Waals surface area contributed by atoms with Crippen molar-refractivity contribution in [1.82, 2.24) is 19.8 Å². The van der Waals surface area contributed by atoms with Crippen molar-refractivity contribution in [2.75, 3.05) is 32.8 Å². The molecule has 1 saturated carbocycles. The summed E-state index contributed by atoms with van der Waals surface area (Å²) in [6, 6.07) is 0. The maximum Gasteiger partial charge on any atom is 0.242 e. The van der Waals surface area contributed by atoms with Gasteiger partial charge in [0.05, 0.1) is 17.6 Å². The summed E-state index contributed by atoms with van der Waals surface area (Å²) in [6.07, 6.45) is 11.4. The molecule has 148 valence electrons. The van der Waals surface area contributed by atoms with Crippen LogP contribution in [0.5, 0.6) is 0 Å². The van der Waals surface area contributed by atoms with Crippen molar-refractivity contribution >= 4 is 5.91 Å². The predicted octanol–water partition coefficient (Wildman–Crippen LogP) is 2.07. The van der Waals surface area contributed by atoms with Gasteiger partial charge in [0.2, 0.25) is 5.91 Å². The maximum atomic E-state index is 12.9. The van der Waals surface area contributed by atoms with Crippen LogP contribution in [0.15, 0.2) is 6.33 Å². The summed E-state index contributed by atoms with van der Waals surface area (Å²) in [5, 5.41) is 3.70. The highest BCUT2D eigenvalue weighted by atomic mass is 16.5. The molecule has 1 amide bonds. The van der Waals surface area contributed by atoms with E-state index >= 15 is 0 Å². The van der Waals surface area contributed by atoms with Crippen LogP contribution >= 0.6 is 0 Å². The van der Waals surface area contributed by atoms with Crippen molar-refractivity contribution in [2.45, 2.75) is 63.5 Å². The van der Waals surface area contributed by atoms with Gasteiger partial charge in [-0.1, -0.05) is 19.3 Å². The second-order valence-electron chi connectivity index (χ2n) is 8.95. The number of carbonyl (C=O) groups excluding carboxylic acids is 1. The molecule has 0 radical (unpaired) electrons. The van der Waals surface area contributed by atoms with E-state index < -0.39 is 0 Å². The Kier molecular flexibility index (Phi) is 4.72. The van der Waals surface area contributed by atoms with Gasteiger partial charge in [0.15, 0.2) is 0 Å². The Labute approximate surface area is 161 Å². The largest absolute Gasteiger partial charge is 0.381 e. The van der Waals surface area contributed by atoms with Crippen molar-refractivity contribution in [3.63, 3.8) is 0 Å². The van der Waals surface area contributed by atoms with Crippen LogP contribution in [-0.2, 0) is 28.0 Å². The first-order chi connectivity index (χ1) is 13.3. The number of imidazole rings is 1. The first-order valence-electron chi connectivity index (χ1n) is 10.9. The maximum absolute atomic E-state index is 12.9. The lowest BCUT2D eigenvalue weighted by atomic mass is 9.72. The third-order valence-corrected chi connectivity index (χ3v) is 7.59. The van der Waals surface area contributed by atoms with Crippen LogP contribution in [-0.4, -0.2) is 53.2 Å². The van der Waals surface area contributed by atoms with Crippen molar-refractivity contribution in [1.29, 1.82) is 0 Å². The highest BCUT2D eigenvalue weighted by Gasteiger charge is 2.41. The molecule has 0 atom stereocenters. The van der Waals surface area contributed by atoms with Crippen LogP contribution < -0.4 is 5.32 Å². The molecular formula is C21H32N4O2. The number of nitrogens with zero attached hydrogens (tertiary/aromatic N) is 3. The summed E-state index contributed by atoms with van der Waals surface area (Å²) in [7, 11) is 0. The fourth-order valence-electron chi connectivity index (χ4n) is 5.62. The van der Waals surface area contributed by atoms with E-state index in [1.54, 1.807) is 0 Å². The van der Waals surface area contributed by atoms with Gasteiger partial charge in [-0.2, -0.15) is 0 Å². The van der Waals surface area contributed by atoms with Crippen molar-refractivity contribution in [3.8, 4) is 0 Å². The average Bonchev–Trinajstić information content (AvgIpc) is 3.06. The summed E-state index contributed by atoms with van der Waals surface area (Å²) in [6.45, 7) is 4.87. The van der Waals surface area contributed by atoms with Gasteiger partial charge >= 0.3 is 0 Å². The van der Waals surface area contributed by atoms with Gasteiger partial charge < -0.3 is 19.5 Å². The third-order valence-electron chi connectivity index (χ3n) is 7.59. The Balaban J connectivity index is 1.24. The van der Waals surface area contributed by atoms with E-state index in [0.29, 0.717) is 6.54 Å². The van der Waals surface area contributed by atoms with Gasteiger partial charge in [0.25, 0.3) is 0 Å². The molecule has 1 aliphatic carbocycles. The van der Waals surface area contributed by atoms with Crippen LogP contribution in [0.3, 0.4) is 0 Å². The Bertz CT molecular complexity index is 682. The van der Waals surface area contributed by atoms with E-state index in [2.05, 4.69) is 14.8 Å². The van der Waals surface area contributed by atoms with E-state index in [1.165, 1.54) is 37.8 Å². The molecule has 1 aromatic heterocycles. The fraction of sp³-hybridized carbons (Fsp3) is 0.810. The van der Waals surface area contributed by atoms with Crippen LogP contribution in [0, 0.1) is 11.8 Å². The van der Waals surface area contributed by atoms with Gasteiger partial charge in [-0.05, 0) is 37.5 Å². The zero-order valence-electron chi connectivity index (χ0n) is 16.3. The summed E-state index contributed by atoms with van der Waals surface area (Å²) in [4.78, 5) is 19.8. The minimum atomic E-state index is -0.0404. The lowest BCUT2D eigenvalue weighted by Crippen LogP contribution is -2.51. The lowest BCUT2D eigenvalue weighted by molar-refractivity contribution is -0.133. The highest BCUT2D eigenvalue weighted by Crippen LogP contribution is 2.39. The second kappa shape index (κ2) is 7.21. The molecule has 1 spiro atoms. The first-order valence-corrected chi connectivity index (χ1v) is 10.9. The van der Waals surface area contributed by atoms with Gasteiger partial charge in [-0.3, -0.25) is 4.79 Å². The summed E-state index contributed by atoms with van der Waals surface area (Å²) < 4.78 is 7.68. The normalized spacial score (nSPS) is 26.0. The molecule has 2 saturated heterocycles. The topological polar surface area (TPSA) is 59.4 Å². The number of nitrogens with one attached hydrogen (secondary N) is 1. The number of likely N-dealkylation sites (tertiary alicyclic amines) is 1. The average molecular weight is 373 g/mol. The monoisotopic (exact) mass is 372 g/mol. The fourth-order valence-corrected chi connectivity index (χ4v) is 5.62. The van der Waals surface area contributed by atoms with E-state index in [0.717, 1.165) is 69.6 Å². The molecule has 6 nitrogen and oxygen atoms in total. The molecule has 1 aromatic rings. The molecule has 4 aliphatic rings. The van der Waals surface area contributed by atoms with Crippen molar-refractivity contribution in [2.24, 2.45) is 11.8 Å². The number of carbonyl (C=O) groups is 1. The molecule has 27 heavy (non-hydrogen) atoms. The number of rotatable bonds is 3. The number of hydrogen-bond acceptors (Lipinski definition) is 4. The lowest BCUT2D eigenvalue weighted by Gasteiger charge is -2.41. The predicted molar refractivity (Wildman–Crippen MR) is 102 cm³/mol.